The summed E-state index contributed by atoms with van der Waals surface area (Å²) in [6.07, 6.45) is -4.30. The Labute approximate surface area is 186 Å². The van der Waals surface area contributed by atoms with Gasteiger partial charge in [-0.25, -0.2) is 0 Å². The van der Waals surface area contributed by atoms with E-state index in [4.69, 9.17) is 0 Å². The summed E-state index contributed by atoms with van der Waals surface area (Å²) in [6.45, 7) is 0.294. The van der Waals surface area contributed by atoms with Crippen LogP contribution in [0.4, 0.5) is 18.9 Å². The molecule has 1 heterocycles. The van der Waals surface area contributed by atoms with Crippen molar-refractivity contribution in [2.24, 2.45) is 0 Å². The van der Waals surface area contributed by atoms with Crippen LogP contribution >= 0.6 is 11.8 Å². The summed E-state index contributed by atoms with van der Waals surface area (Å²) in [6, 6.07) is 17.9. The number of alkyl halides is 3. The van der Waals surface area contributed by atoms with Gasteiger partial charge in [-0.15, -0.1) is 13.2 Å². The molecule has 164 valence electrons. The molecule has 0 fully saturated rings. The third-order valence-electron chi connectivity index (χ3n) is 4.70. The first-order valence-corrected chi connectivity index (χ1v) is 10.5. The molecule has 3 aromatic rings. The van der Waals surface area contributed by atoms with Gasteiger partial charge in [0.05, 0.1) is 11.3 Å². The first-order valence-electron chi connectivity index (χ1n) is 9.64. The number of ether oxygens (including phenoxy) is 1. The zero-order valence-electron chi connectivity index (χ0n) is 16.5. The van der Waals surface area contributed by atoms with Gasteiger partial charge in [0.1, 0.15) is 5.75 Å². The van der Waals surface area contributed by atoms with Crippen molar-refractivity contribution < 1.29 is 27.5 Å². The van der Waals surface area contributed by atoms with E-state index in [-0.39, 0.29) is 17.6 Å². The smallest absolute Gasteiger partial charge is 0.406 e. The molecule has 0 saturated carbocycles. The molecule has 0 atom stereocenters. The first-order chi connectivity index (χ1) is 15.3. The summed E-state index contributed by atoms with van der Waals surface area (Å²) >= 11 is 1.45. The Bertz CT molecular complexity index is 1160. The number of carbonyl (C=O) groups excluding carboxylic acids is 2. The fraction of sp³-hybridized carbons (Fsp3) is 0.130. The van der Waals surface area contributed by atoms with Crippen molar-refractivity contribution in [2.75, 3.05) is 11.9 Å². The molecule has 0 aromatic heterocycles. The van der Waals surface area contributed by atoms with Crippen LogP contribution in [-0.2, 0) is 6.42 Å². The van der Waals surface area contributed by atoms with Crippen LogP contribution in [0.15, 0.2) is 76.5 Å². The number of anilines is 1. The molecular formula is C23H17F3N2O3S. The Hall–Kier alpha value is -3.46. The third kappa shape index (κ3) is 5.23. The van der Waals surface area contributed by atoms with E-state index in [1.54, 1.807) is 30.3 Å². The van der Waals surface area contributed by atoms with Crippen molar-refractivity contribution >= 4 is 29.3 Å². The van der Waals surface area contributed by atoms with Gasteiger partial charge in [0.2, 0.25) is 0 Å². The Morgan fingerprint density at radius 2 is 1.75 bits per heavy atom. The molecule has 5 nitrogen and oxygen atoms in total. The van der Waals surface area contributed by atoms with Crippen molar-refractivity contribution in [3.63, 3.8) is 0 Å². The maximum Gasteiger partial charge on any atom is 0.573 e. The van der Waals surface area contributed by atoms with Crippen molar-refractivity contribution in [2.45, 2.75) is 22.6 Å². The lowest BCUT2D eigenvalue weighted by atomic mass is 10.1. The van der Waals surface area contributed by atoms with E-state index in [9.17, 15) is 22.8 Å². The zero-order chi connectivity index (χ0) is 22.7. The van der Waals surface area contributed by atoms with Crippen LogP contribution in [0.2, 0.25) is 0 Å². The average molecular weight is 458 g/mol. The summed E-state index contributed by atoms with van der Waals surface area (Å²) in [5, 5.41) is 5.63. The number of rotatable bonds is 5. The number of amides is 2. The van der Waals surface area contributed by atoms with Gasteiger partial charge >= 0.3 is 6.36 Å². The quantitative estimate of drug-likeness (QED) is 0.546. The van der Waals surface area contributed by atoms with Gasteiger partial charge < -0.3 is 15.4 Å². The normalized spacial score (nSPS) is 12.8. The van der Waals surface area contributed by atoms with E-state index < -0.39 is 6.36 Å². The number of hydrogen-bond acceptors (Lipinski definition) is 4. The highest BCUT2D eigenvalue weighted by molar-refractivity contribution is 7.99. The molecule has 0 saturated heterocycles. The minimum absolute atomic E-state index is 0.234. The molecule has 2 amide bonds. The maximum atomic E-state index is 12.5. The van der Waals surface area contributed by atoms with Gasteiger partial charge in [-0.3, -0.25) is 9.59 Å². The van der Waals surface area contributed by atoms with Crippen LogP contribution < -0.4 is 15.4 Å². The molecule has 1 aliphatic heterocycles. The van der Waals surface area contributed by atoms with Crippen molar-refractivity contribution in [3.05, 3.63) is 83.4 Å². The molecule has 1 aliphatic rings. The van der Waals surface area contributed by atoms with Crippen LogP contribution in [0.3, 0.4) is 0 Å². The molecule has 9 heteroatoms. The molecule has 2 N–H and O–H groups in total. The number of halogens is 3. The second-order valence-corrected chi connectivity index (χ2v) is 8.04. The highest BCUT2D eigenvalue weighted by Gasteiger charge is 2.31. The topological polar surface area (TPSA) is 67.4 Å². The van der Waals surface area contributed by atoms with Gasteiger partial charge in [0.25, 0.3) is 11.8 Å². The van der Waals surface area contributed by atoms with Crippen LogP contribution in [0.1, 0.15) is 26.3 Å². The highest BCUT2D eigenvalue weighted by atomic mass is 32.2. The third-order valence-corrected chi connectivity index (χ3v) is 5.85. The largest absolute Gasteiger partial charge is 0.573 e. The minimum Gasteiger partial charge on any atom is -0.406 e. The SMILES string of the molecule is O=C(NCCc1ccc(OC(F)(F)F)cc1)c1ccc2c(c1)NC(=O)c1ccccc1S2. The van der Waals surface area contributed by atoms with Crippen molar-refractivity contribution in [3.8, 4) is 5.75 Å². The number of carbonyl (C=O) groups is 2. The fourth-order valence-corrected chi connectivity index (χ4v) is 4.20. The molecule has 0 aliphatic carbocycles. The fourth-order valence-electron chi connectivity index (χ4n) is 3.19. The Kier molecular flexibility index (Phi) is 6.09. The summed E-state index contributed by atoms with van der Waals surface area (Å²) in [4.78, 5) is 26.7. The number of benzene rings is 3. The maximum absolute atomic E-state index is 12.5. The van der Waals surface area contributed by atoms with Gasteiger partial charge in [-0.05, 0) is 54.4 Å². The molecule has 0 unspecified atom stereocenters. The van der Waals surface area contributed by atoms with Crippen molar-refractivity contribution in [1.29, 1.82) is 0 Å². The van der Waals surface area contributed by atoms with E-state index in [1.165, 1.54) is 36.0 Å². The van der Waals surface area contributed by atoms with Crippen LogP contribution in [0.25, 0.3) is 0 Å². The van der Waals surface area contributed by atoms with Gasteiger partial charge in [-0.2, -0.15) is 0 Å². The summed E-state index contributed by atoms with van der Waals surface area (Å²) in [7, 11) is 0. The number of fused-ring (bicyclic) bond motifs is 2. The summed E-state index contributed by atoms with van der Waals surface area (Å²) < 4.78 is 40.5. The van der Waals surface area contributed by atoms with Gasteiger partial charge in [-0.1, -0.05) is 36.0 Å². The Morgan fingerprint density at radius 3 is 2.50 bits per heavy atom. The van der Waals surface area contributed by atoms with E-state index in [0.29, 0.717) is 29.8 Å². The number of nitrogens with one attached hydrogen (secondary N) is 2. The Morgan fingerprint density at radius 1 is 1.00 bits per heavy atom. The van der Waals surface area contributed by atoms with Crippen molar-refractivity contribution in [1.82, 2.24) is 5.32 Å². The molecule has 0 spiro atoms. The van der Waals surface area contributed by atoms with E-state index in [0.717, 1.165) is 15.4 Å². The molecule has 0 bridgehead atoms. The van der Waals surface area contributed by atoms with E-state index >= 15 is 0 Å². The van der Waals surface area contributed by atoms with Gasteiger partial charge in [0, 0.05) is 21.9 Å². The van der Waals surface area contributed by atoms with Crippen LogP contribution in [-0.4, -0.2) is 24.7 Å². The molecule has 32 heavy (non-hydrogen) atoms. The van der Waals surface area contributed by atoms with Crippen LogP contribution in [0.5, 0.6) is 5.75 Å². The minimum atomic E-state index is -4.73. The Balaban J connectivity index is 1.37. The highest BCUT2D eigenvalue weighted by Crippen LogP contribution is 2.39. The summed E-state index contributed by atoms with van der Waals surface area (Å²) in [5.74, 6) is -0.842. The number of hydrogen-bond donors (Lipinski definition) is 2. The van der Waals surface area contributed by atoms with Crippen LogP contribution in [0, 0.1) is 0 Å². The molecule has 0 radical (unpaired) electrons. The predicted molar refractivity (Wildman–Crippen MR) is 114 cm³/mol. The van der Waals surface area contributed by atoms with E-state index in [1.807, 2.05) is 12.1 Å². The standard InChI is InChI=1S/C23H17F3N2O3S/c24-23(25,26)31-16-8-5-14(6-9-16)11-12-27-21(29)15-7-10-20-18(13-15)28-22(30)17-3-1-2-4-19(17)32-20/h1-10,13H,11-12H2,(H,27,29)(H,28,30). The zero-order valence-corrected chi connectivity index (χ0v) is 17.3. The molecule has 4 rings (SSSR count). The second-order valence-electron chi connectivity index (χ2n) is 6.96. The van der Waals surface area contributed by atoms with Gasteiger partial charge in [0.15, 0.2) is 0 Å². The molecular weight excluding hydrogens is 441 g/mol. The predicted octanol–water partition coefficient (Wildman–Crippen LogP) is 5.27. The monoisotopic (exact) mass is 458 g/mol. The average Bonchev–Trinajstić information content (AvgIpc) is 2.89. The summed E-state index contributed by atoms with van der Waals surface area (Å²) in [5.41, 5.74) is 2.28. The lowest BCUT2D eigenvalue weighted by molar-refractivity contribution is -0.274. The van der Waals surface area contributed by atoms with E-state index in [2.05, 4.69) is 15.4 Å². The first kappa shape index (κ1) is 21.8. The lowest BCUT2D eigenvalue weighted by Gasteiger charge is -2.11. The lowest BCUT2D eigenvalue weighted by Crippen LogP contribution is -2.25. The second kappa shape index (κ2) is 8.96. The molecule has 3 aromatic carbocycles.